The van der Waals surface area contributed by atoms with E-state index in [0.717, 1.165) is 96.3 Å². The average molecular weight is 1030 g/mol. The molecule has 6 N–H and O–H groups in total. The maximum Gasteiger partial charge on any atom is 0.472 e. The Bertz CT molecular complexity index is 1550. The maximum atomic E-state index is 12.9. The molecule has 1 rings (SSSR count). The number of carbonyl (C=O) groups is 1. The summed E-state index contributed by atoms with van der Waals surface area (Å²) in [7, 11) is -5.04. The van der Waals surface area contributed by atoms with Crippen molar-refractivity contribution in [1.82, 2.24) is 0 Å². The Morgan fingerprint density at radius 3 is 1.25 bits per heavy atom. The second-order valence-electron chi connectivity index (χ2n) is 19.0. The van der Waals surface area contributed by atoms with Gasteiger partial charge in [-0.2, -0.15) is 0 Å². The number of carbonyl (C=O) groups excluding carboxylic acids is 1. The molecule has 6 atom stereocenters. The highest BCUT2D eigenvalue weighted by Gasteiger charge is 2.51. The minimum absolute atomic E-state index is 0.106. The van der Waals surface area contributed by atoms with E-state index in [-0.39, 0.29) is 13.0 Å². The van der Waals surface area contributed by atoms with Crippen molar-refractivity contribution >= 4 is 13.8 Å². The van der Waals surface area contributed by atoms with E-state index in [1.807, 2.05) is 0 Å². The molecule has 0 radical (unpaired) electrons. The van der Waals surface area contributed by atoms with E-state index in [0.29, 0.717) is 13.0 Å². The lowest BCUT2D eigenvalue weighted by atomic mass is 9.85. The normalized spacial score (nSPS) is 21.4. The smallest absolute Gasteiger partial charge is 0.457 e. The van der Waals surface area contributed by atoms with Crippen LogP contribution in [0, 0.1) is 0 Å². The van der Waals surface area contributed by atoms with Crippen LogP contribution in [0.25, 0.3) is 0 Å². The first-order valence-corrected chi connectivity index (χ1v) is 29.6. The number of phosphoric ester groups is 1. The van der Waals surface area contributed by atoms with Gasteiger partial charge in [0.25, 0.3) is 0 Å². The lowest BCUT2D eigenvalue weighted by Crippen LogP contribution is -2.64. The van der Waals surface area contributed by atoms with Crippen LogP contribution in [0.1, 0.15) is 206 Å². The molecule has 1 aliphatic rings. The number of esters is 1. The molecule has 0 bridgehead atoms. The number of phosphoric acid groups is 1. The molecule has 414 valence electrons. The molecule has 0 amide bonds. The standard InChI is InChI=1S/C59H101O12P/c1-3-5-7-9-11-13-15-17-19-21-23-25-27-28-30-32-34-36-38-40-42-44-46-48-53(60)70-52(51-69-72(66,67)71-59-57(64)55(62)54(61)56(63)58(59)65)50-68-49-47-45-43-41-39-37-35-33-31-29-26-24-22-20-18-16-14-12-10-8-6-4-2/h6,8,12,14-15,17-18,20-21,23-24,26,31,33,37,39,52,54-59,61-65H,3-5,7,9-11,13,16,19,22,25,27-30,32,34-36,38,40-51H2,1-2H3,(H,66,67)/b8-6-,14-12-,17-15-,20-18-,23-21-,26-24-,33-31-,39-37-. The number of hydrogen-bond donors (Lipinski definition) is 6. The zero-order chi connectivity index (χ0) is 52.6. The molecule has 6 unspecified atom stereocenters. The van der Waals surface area contributed by atoms with Crippen molar-refractivity contribution in [3.8, 4) is 0 Å². The van der Waals surface area contributed by atoms with E-state index in [1.165, 1.54) is 83.5 Å². The van der Waals surface area contributed by atoms with Gasteiger partial charge in [-0.1, -0.05) is 201 Å². The van der Waals surface area contributed by atoms with E-state index in [1.54, 1.807) is 0 Å². The number of hydrogen-bond acceptors (Lipinski definition) is 11. The van der Waals surface area contributed by atoms with Gasteiger partial charge in [0.2, 0.25) is 0 Å². The van der Waals surface area contributed by atoms with Gasteiger partial charge in [0.1, 0.15) is 42.7 Å². The third kappa shape index (κ3) is 38.8. The number of rotatable bonds is 47. The molecule has 1 fully saturated rings. The maximum absolute atomic E-state index is 12.9. The third-order valence-electron chi connectivity index (χ3n) is 12.4. The summed E-state index contributed by atoms with van der Waals surface area (Å²) in [5, 5.41) is 50.4. The minimum Gasteiger partial charge on any atom is -0.457 e. The van der Waals surface area contributed by atoms with Crippen molar-refractivity contribution in [1.29, 1.82) is 0 Å². The molecule has 0 aliphatic heterocycles. The molecule has 0 spiro atoms. The molecule has 13 heteroatoms. The van der Waals surface area contributed by atoms with Crippen molar-refractivity contribution < 1.29 is 58.3 Å². The van der Waals surface area contributed by atoms with Crippen molar-refractivity contribution in [3.63, 3.8) is 0 Å². The van der Waals surface area contributed by atoms with Crippen LogP contribution < -0.4 is 0 Å². The Hall–Kier alpha value is -2.74. The molecule has 0 aromatic carbocycles. The number of ether oxygens (including phenoxy) is 2. The van der Waals surface area contributed by atoms with Crippen LogP contribution in [-0.2, 0) is 27.9 Å². The summed E-state index contributed by atoms with van der Waals surface area (Å²) in [6, 6.07) is 0. The summed E-state index contributed by atoms with van der Waals surface area (Å²) >= 11 is 0. The molecule has 0 heterocycles. The highest BCUT2D eigenvalue weighted by molar-refractivity contribution is 7.47. The van der Waals surface area contributed by atoms with Gasteiger partial charge in [-0.15, -0.1) is 0 Å². The van der Waals surface area contributed by atoms with Gasteiger partial charge in [0.15, 0.2) is 0 Å². The summed E-state index contributed by atoms with van der Waals surface area (Å²) in [4.78, 5) is 23.3. The zero-order valence-corrected chi connectivity index (χ0v) is 45.6. The quantitative estimate of drug-likeness (QED) is 0.0146. The van der Waals surface area contributed by atoms with Gasteiger partial charge < -0.3 is 39.9 Å². The highest BCUT2D eigenvalue weighted by Crippen LogP contribution is 2.47. The van der Waals surface area contributed by atoms with Crippen LogP contribution in [0.5, 0.6) is 0 Å². The second-order valence-corrected chi connectivity index (χ2v) is 20.5. The van der Waals surface area contributed by atoms with Crippen LogP contribution in [-0.4, -0.2) is 98.9 Å². The first-order valence-electron chi connectivity index (χ1n) is 28.1. The first kappa shape index (κ1) is 67.3. The predicted molar refractivity (Wildman–Crippen MR) is 294 cm³/mol. The van der Waals surface area contributed by atoms with Crippen LogP contribution in [0.3, 0.4) is 0 Å². The Balaban J connectivity index is 2.34. The summed E-state index contributed by atoms with van der Waals surface area (Å²) in [6.07, 6.45) is 54.7. The van der Waals surface area contributed by atoms with Gasteiger partial charge in [-0.3, -0.25) is 13.8 Å². The predicted octanol–water partition coefficient (Wildman–Crippen LogP) is 13.4. The summed E-state index contributed by atoms with van der Waals surface area (Å²) < 4.78 is 34.3. The van der Waals surface area contributed by atoms with Crippen LogP contribution in [0.2, 0.25) is 0 Å². The zero-order valence-electron chi connectivity index (χ0n) is 44.7. The Morgan fingerprint density at radius 2 is 0.819 bits per heavy atom. The fourth-order valence-electron chi connectivity index (χ4n) is 8.04. The molecule has 12 nitrogen and oxygen atoms in total. The van der Waals surface area contributed by atoms with Crippen LogP contribution >= 0.6 is 7.82 Å². The van der Waals surface area contributed by atoms with Gasteiger partial charge in [-0.05, 0) is 96.3 Å². The molecular weight excluding hydrogens is 932 g/mol. The Kier molecular flexibility index (Phi) is 44.8. The fraction of sp³-hybridized carbons (Fsp3) is 0.712. The number of allylic oxidation sites excluding steroid dienone is 16. The van der Waals surface area contributed by atoms with Crippen molar-refractivity contribution in [2.75, 3.05) is 19.8 Å². The summed E-state index contributed by atoms with van der Waals surface area (Å²) in [6.45, 7) is 4.07. The van der Waals surface area contributed by atoms with E-state index < -0.39 is 63.1 Å². The number of unbranched alkanes of at least 4 members (excludes halogenated alkanes) is 19. The third-order valence-corrected chi connectivity index (χ3v) is 13.4. The Morgan fingerprint density at radius 1 is 0.458 bits per heavy atom. The summed E-state index contributed by atoms with van der Waals surface area (Å²) in [5.74, 6) is -0.494. The van der Waals surface area contributed by atoms with E-state index >= 15 is 0 Å². The van der Waals surface area contributed by atoms with Crippen molar-refractivity contribution in [2.45, 2.75) is 249 Å². The molecule has 1 aliphatic carbocycles. The SMILES string of the molecule is CC/C=C\C/C=C\C/C=C\C/C=C\C/C=C\C/C=C\CCCCCOCC(COP(=O)(O)OC1C(O)C(O)C(O)C(O)C1O)OC(=O)CCCCCCCCCCCCC/C=C\C/C=C\CCCCCCC. The highest BCUT2D eigenvalue weighted by atomic mass is 31.2. The van der Waals surface area contributed by atoms with Crippen molar-refractivity contribution in [3.05, 3.63) is 97.2 Å². The molecule has 0 aromatic heterocycles. The van der Waals surface area contributed by atoms with Gasteiger partial charge in [0.05, 0.1) is 13.2 Å². The lowest BCUT2D eigenvalue weighted by Gasteiger charge is -2.41. The summed E-state index contributed by atoms with van der Waals surface area (Å²) in [5.41, 5.74) is 0. The molecule has 0 saturated heterocycles. The van der Waals surface area contributed by atoms with Crippen LogP contribution in [0.15, 0.2) is 97.2 Å². The monoisotopic (exact) mass is 1030 g/mol. The molecule has 72 heavy (non-hydrogen) atoms. The number of aliphatic hydroxyl groups is 5. The van der Waals surface area contributed by atoms with Gasteiger partial charge in [-0.25, -0.2) is 4.57 Å². The topological polar surface area (TPSA) is 192 Å². The fourth-order valence-corrected chi connectivity index (χ4v) is 9.01. The molecular formula is C59H101O12P. The Labute approximate surface area is 436 Å². The lowest BCUT2D eigenvalue weighted by molar-refractivity contribution is -0.220. The van der Waals surface area contributed by atoms with Gasteiger partial charge >= 0.3 is 13.8 Å². The second kappa shape index (κ2) is 47.9. The van der Waals surface area contributed by atoms with E-state index in [9.17, 15) is 39.8 Å². The number of aliphatic hydroxyl groups excluding tert-OH is 5. The molecule has 1 saturated carbocycles. The van der Waals surface area contributed by atoms with Gasteiger partial charge in [0, 0.05) is 13.0 Å². The van der Waals surface area contributed by atoms with E-state index in [2.05, 4.69) is 111 Å². The average Bonchev–Trinajstić information content (AvgIpc) is 3.37. The first-order chi connectivity index (χ1) is 35.0. The minimum atomic E-state index is -5.04. The van der Waals surface area contributed by atoms with E-state index in [4.69, 9.17) is 18.5 Å². The van der Waals surface area contributed by atoms with Crippen LogP contribution in [0.4, 0.5) is 0 Å². The van der Waals surface area contributed by atoms with Crippen molar-refractivity contribution in [2.24, 2.45) is 0 Å². The molecule has 0 aromatic rings. The largest absolute Gasteiger partial charge is 0.472 e.